The van der Waals surface area contributed by atoms with Gasteiger partial charge in [-0.2, -0.15) is 0 Å². The monoisotopic (exact) mass is 488 g/mol. The van der Waals surface area contributed by atoms with Crippen LogP contribution in [-0.2, 0) is 0 Å². The van der Waals surface area contributed by atoms with E-state index in [9.17, 15) is 4.39 Å². The first-order valence-corrected chi connectivity index (χ1v) is 11.3. The second kappa shape index (κ2) is 10.2. The molecule has 4 rings (SSSR count). The SMILES string of the molecule is COc1cc2c(Nc3ccc(Br)cc3F)ncnc2cc1OCCCN1CCCCC1. The molecule has 2 aromatic carbocycles. The van der Waals surface area contributed by atoms with E-state index in [-0.39, 0.29) is 5.82 Å². The van der Waals surface area contributed by atoms with E-state index in [0.29, 0.717) is 39.6 Å². The Bertz CT molecular complexity index is 1040. The summed E-state index contributed by atoms with van der Waals surface area (Å²) in [5.41, 5.74) is 1.03. The molecule has 2 heterocycles. The summed E-state index contributed by atoms with van der Waals surface area (Å²) in [6, 6.07) is 8.51. The normalized spacial score (nSPS) is 14.5. The van der Waals surface area contributed by atoms with Crippen LogP contribution in [0.4, 0.5) is 15.9 Å². The maximum absolute atomic E-state index is 14.3. The Balaban J connectivity index is 1.49. The molecule has 6 nitrogen and oxygen atoms in total. The lowest BCUT2D eigenvalue weighted by atomic mass is 10.1. The van der Waals surface area contributed by atoms with E-state index in [4.69, 9.17) is 9.47 Å². The highest BCUT2D eigenvalue weighted by Crippen LogP contribution is 2.35. The molecule has 8 heteroatoms. The van der Waals surface area contributed by atoms with E-state index in [1.807, 2.05) is 12.1 Å². The van der Waals surface area contributed by atoms with E-state index in [1.54, 1.807) is 19.2 Å². The molecule has 3 aromatic rings. The van der Waals surface area contributed by atoms with Gasteiger partial charge in [-0.1, -0.05) is 22.4 Å². The first kappa shape index (κ1) is 21.8. The average Bonchev–Trinajstić information content (AvgIpc) is 2.79. The predicted molar refractivity (Wildman–Crippen MR) is 124 cm³/mol. The number of hydrogen-bond donors (Lipinski definition) is 1. The Morgan fingerprint density at radius 2 is 1.94 bits per heavy atom. The minimum atomic E-state index is -0.373. The summed E-state index contributed by atoms with van der Waals surface area (Å²) in [6.45, 7) is 4.03. The van der Waals surface area contributed by atoms with Crippen LogP contribution in [0, 0.1) is 5.82 Å². The molecule has 1 aliphatic rings. The van der Waals surface area contributed by atoms with Gasteiger partial charge in [0.2, 0.25) is 0 Å². The summed E-state index contributed by atoms with van der Waals surface area (Å²) in [6.07, 6.45) is 6.34. The van der Waals surface area contributed by atoms with Crippen LogP contribution in [0.5, 0.6) is 11.5 Å². The van der Waals surface area contributed by atoms with E-state index in [2.05, 4.69) is 36.1 Å². The topological polar surface area (TPSA) is 59.5 Å². The molecule has 0 radical (unpaired) electrons. The molecular formula is C23H26BrFN4O2. The summed E-state index contributed by atoms with van der Waals surface area (Å²) in [4.78, 5) is 11.2. The molecule has 31 heavy (non-hydrogen) atoms. The van der Waals surface area contributed by atoms with Gasteiger partial charge in [0.25, 0.3) is 0 Å². The van der Waals surface area contributed by atoms with Crippen molar-refractivity contribution >= 4 is 38.3 Å². The Morgan fingerprint density at radius 3 is 2.71 bits per heavy atom. The van der Waals surface area contributed by atoms with Gasteiger partial charge in [-0.15, -0.1) is 0 Å². The molecule has 0 amide bonds. The summed E-state index contributed by atoms with van der Waals surface area (Å²) in [5.74, 6) is 1.37. The number of likely N-dealkylation sites (tertiary alicyclic amines) is 1. The summed E-state index contributed by atoms with van der Waals surface area (Å²) >= 11 is 3.27. The van der Waals surface area contributed by atoms with Crippen LogP contribution in [-0.4, -0.2) is 48.2 Å². The van der Waals surface area contributed by atoms with Crippen molar-refractivity contribution in [2.75, 3.05) is 38.7 Å². The molecule has 1 saturated heterocycles. The second-order valence-corrected chi connectivity index (χ2v) is 8.51. The first-order chi connectivity index (χ1) is 15.1. The molecule has 1 aliphatic heterocycles. The van der Waals surface area contributed by atoms with Crippen molar-refractivity contribution in [2.45, 2.75) is 25.7 Å². The Labute approximate surface area is 189 Å². The lowest BCUT2D eigenvalue weighted by Crippen LogP contribution is -2.31. The third-order valence-corrected chi connectivity index (χ3v) is 5.92. The molecule has 0 aliphatic carbocycles. The number of rotatable bonds is 8. The molecule has 0 spiro atoms. The Hall–Kier alpha value is -2.45. The van der Waals surface area contributed by atoms with Crippen molar-refractivity contribution in [3.8, 4) is 11.5 Å². The number of ether oxygens (including phenoxy) is 2. The predicted octanol–water partition coefficient (Wildman–Crippen LogP) is 5.54. The number of anilines is 2. The van der Waals surface area contributed by atoms with Gasteiger partial charge in [0, 0.05) is 22.5 Å². The van der Waals surface area contributed by atoms with Crippen LogP contribution in [0.15, 0.2) is 41.1 Å². The van der Waals surface area contributed by atoms with Crippen molar-refractivity contribution in [1.82, 2.24) is 14.9 Å². The lowest BCUT2D eigenvalue weighted by Gasteiger charge is -2.26. The Kier molecular flexibility index (Phi) is 7.19. The quantitative estimate of drug-likeness (QED) is 0.420. The van der Waals surface area contributed by atoms with E-state index in [1.165, 1.54) is 44.7 Å². The third kappa shape index (κ3) is 5.43. The highest BCUT2D eigenvalue weighted by Gasteiger charge is 2.14. The molecule has 164 valence electrons. The van der Waals surface area contributed by atoms with Crippen LogP contribution < -0.4 is 14.8 Å². The summed E-state index contributed by atoms with van der Waals surface area (Å²) in [5, 5.41) is 3.78. The zero-order valence-electron chi connectivity index (χ0n) is 17.5. The van der Waals surface area contributed by atoms with Crippen molar-refractivity contribution in [1.29, 1.82) is 0 Å². The van der Waals surface area contributed by atoms with E-state index < -0.39 is 0 Å². The molecule has 1 aromatic heterocycles. The standard InChI is InChI=1S/C23H26BrFN4O2/c1-30-21-13-17-20(14-22(21)31-11-5-10-29-8-3-2-4-9-29)26-15-27-23(17)28-19-7-6-16(24)12-18(19)25/h6-7,12-15H,2-5,8-11H2,1H3,(H,26,27,28). The minimum Gasteiger partial charge on any atom is -0.493 e. The van der Waals surface area contributed by atoms with Gasteiger partial charge in [0.05, 0.1) is 24.9 Å². The van der Waals surface area contributed by atoms with Gasteiger partial charge < -0.3 is 19.7 Å². The molecule has 0 bridgehead atoms. The van der Waals surface area contributed by atoms with Crippen LogP contribution in [0.3, 0.4) is 0 Å². The number of methoxy groups -OCH3 is 1. The van der Waals surface area contributed by atoms with Gasteiger partial charge in [-0.25, -0.2) is 14.4 Å². The number of nitrogens with one attached hydrogen (secondary N) is 1. The first-order valence-electron chi connectivity index (χ1n) is 10.5. The number of nitrogens with zero attached hydrogens (tertiary/aromatic N) is 3. The number of fused-ring (bicyclic) bond motifs is 1. The number of piperidine rings is 1. The van der Waals surface area contributed by atoms with Gasteiger partial charge in [-0.05, 0) is 56.6 Å². The zero-order chi connectivity index (χ0) is 21.6. The van der Waals surface area contributed by atoms with Crippen molar-refractivity contribution in [2.24, 2.45) is 0 Å². The number of aromatic nitrogens is 2. The average molecular weight is 489 g/mol. The van der Waals surface area contributed by atoms with Gasteiger partial charge in [-0.3, -0.25) is 0 Å². The third-order valence-electron chi connectivity index (χ3n) is 5.43. The highest BCUT2D eigenvalue weighted by molar-refractivity contribution is 9.10. The van der Waals surface area contributed by atoms with Crippen LogP contribution >= 0.6 is 15.9 Å². The van der Waals surface area contributed by atoms with Gasteiger partial charge in [0.15, 0.2) is 11.5 Å². The Morgan fingerprint density at radius 1 is 1.10 bits per heavy atom. The highest BCUT2D eigenvalue weighted by atomic mass is 79.9. The zero-order valence-corrected chi connectivity index (χ0v) is 19.1. The van der Waals surface area contributed by atoms with Crippen LogP contribution in [0.1, 0.15) is 25.7 Å². The summed E-state index contributed by atoms with van der Waals surface area (Å²) in [7, 11) is 1.60. The molecule has 1 fully saturated rings. The van der Waals surface area contributed by atoms with E-state index in [0.717, 1.165) is 18.4 Å². The van der Waals surface area contributed by atoms with E-state index >= 15 is 0 Å². The maximum Gasteiger partial charge on any atom is 0.163 e. The van der Waals surface area contributed by atoms with Crippen molar-refractivity contribution in [3.05, 3.63) is 46.9 Å². The smallest absolute Gasteiger partial charge is 0.163 e. The maximum atomic E-state index is 14.3. The molecule has 1 N–H and O–H groups in total. The lowest BCUT2D eigenvalue weighted by molar-refractivity contribution is 0.203. The minimum absolute atomic E-state index is 0.334. The fourth-order valence-corrected chi connectivity index (χ4v) is 4.14. The molecule has 0 atom stereocenters. The molecule has 0 saturated carbocycles. The second-order valence-electron chi connectivity index (χ2n) is 7.60. The van der Waals surface area contributed by atoms with Crippen LogP contribution in [0.2, 0.25) is 0 Å². The largest absolute Gasteiger partial charge is 0.493 e. The number of hydrogen-bond acceptors (Lipinski definition) is 6. The van der Waals surface area contributed by atoms with Gasteiger partial charge in [0.1, 0.15) is 18.0 Å². The van der Waals surface area contributed by atoms with Crippen LogP contribution in [0.25, 0.3) is 10.9 Å². The van der Waals surface area contributed by atoms with Gasteiger partial charge >= 0.3 is 0 Å². The summed E-state index contributed by atoms with van der Waals surface area (Å²) < 4.78 is 26.5. The molecular weight excluding hydrogens is 463 g/mol. The molecule has 0 unspecified atom stereocenters. The number of benzene rings is 2. The van der Waals surface area contributed by atoms with Crippen molar-refractivity contribution in [3.63, 3.8) is 0 Å². The number of halogens is 2. The fourth-order valence-electron chi connectivity index (χ4n) is 3.81. The fraction of sp³-hybridized carbons (Fsp3) is 0.391. The van der Waals surface area contributed by atoms with Crippen molar-refractivity contribution < 1.29 is 13.9 Å².